The first kappa shape index (κ1) is 18.3. The van der Waals surface area contributed by atoms with Crippen LogP contribution in [0.15, 0.2) is 12.7 Å². The summed E-state index contributed by atoms with van der Waals surface area (Å²) in [5.41, 5.74) is -0.662. The lowest BCUT2D eigenvalue weighted by Crippen LogP contribution is -2.54. The Morgan fingerprint density at radius 1 is 1.36 bits per heavy atom. The minimum absolute atomic E-state index is 0.300. The van der Waals surface area contributed by atoms with Crippen LogP contribution in [-0.4, -0.2) is 65.9 Å². The molecule has 25 heavy (non-hydrogen) atoms. The van der Waals surface area contributed by atoms with Crippen LogP contribution in [0.25, 0.3) is 0 Å². The van der Waals surface area contributed by atoms with E-state index in [0.29, 0.717) is 6.42 Å². The third kappa shape index (κ3) is 2.78. The minimum Gasteiger partial charge on any atom is -0.455 e. The smallest absolute Gasteiger partial charge is 0.347 e. The summed E-state index contributed by atoms with van der Waals surface area (Å²) in [5, 5.41) is -0.590. The zero-order chi connectivity index (χ0) is 18.7. The van der Waals surface area contributed by atoms with Crippen LogP contribution in [0.2, 0.25) is 0 Å². The number of esters is 2. The summed E-state index contributed by atoms with van der Waals surface area (Å²) in [5.74, 6) is -1.46. The van der Waals surface area contributed by atoms with Crippen molar-refractivity contribution in [1.82, 2.24) is 4.31 Å². The SMILES string of the molecule is C=CC(=O)OC(C)C(=O)OC1C2CC3C(O2)C1N(C(C)(C)C)S3(=O)=O. The first-order chi connectivity index (χ1) is 11.5. The van der Waals surface area contributed by atoms with Crippen molar-refractivity contribution in [2.24, 2.45) is 0 Å². The molecule has 0 radical (unpaired) electrons. The van der Waals surface area contributed by atoms with Crippen molar-refractivity contribution in [3.8, 4) is 0 Å². The monoisotopic (exact) mass is 373 g/mol. The normalized spacial score (nSPS) is 36.9. The number of fused-ring (bicyclic) bond motifs is 1. The first-order valence-electron chi connectivity index (χ1n) is 8.21. The van der Waals surface area contributed by atoms with Crippen molar-refractivity contribution in [2.75, 3.05) is 0 Å². The molecule has 0 aromatic heterocycles. The van der Waals surface area contributed by atoms with E-state index in [-0.39, 0.29) is 0 Å². The van der Waals surface area contributed by atoms with Gasteiger partial charge in [0.15, 0.2) is 6.10 Å². The van der Waals surface area contributed by atoms with Gasteiger partial charge < -0.3 is 14.2 Å². The Morgan fingerprint density at radius 2 is 2.00 bits per heavy atom. The molecule has 3 rings (SSSR count). The van der Waals surface area contributed by atoms with Gasteiger partial charge in [-0.05, 0) is 34.1 Å². The van der Waals surface area contributed by atoms with E-state index >= 15 is 0 Å². The molecule has 3 saturated heterocycles. The molecule has 6 atom stereocenters. The molecule has 3 fully saturated rings. The van der Waals surface area contributed by atoms with Crippen LogP contribution < -0.4 is 0 Å². The van der Waals surface area contributed by atoms with E-state index in [1.807, 2.05) is 0 Å². The van der Waals surface area contributed by atoms with E-state index in [9.17, 15) is 18.0 Å². The van der Waals surface area contributed by atoms with Gasteiger partial charge >= 0.3 is 11.9 Å². The average Bonchev–Trinajstić information content (AvgIpc) is 3.09. The number of ether oxygens (including phenoxy) is 3. The van der Waals surface area contributed by atoms with Gasteiger partial charge in [-0.1, -0.05) is 6.58 Å². The van der Waals surface area contributed by atoms with E-state index in [4.69, 9.17) is 14.2 Å². The summed E-state index contributed by atoms with van der Waals surface area (Å²) < 4.78 is 43.3. The maximum Gasteiger partial charge on any atom is 0.347 e. The Bertz CT molecular complexity index is 710. The number of hydrogen-bond acceptors (Lipinski definition) is 7. The fraction of sp³-hybridized carbons (Fsp3) is 0.750. The van der Waals surface area contributed by atoms with Gasteiger partial charge in [-0.2, -0.15) is 4.31 Å². The molecule has 2 bridgehead atoms. The van der Waals surface area contributed by atoms with Gasteiger partial charge in [-0.3, -0.25) is 0 Å². The second kappa shape index (κ2) is 5.78. The summed E-state index contributed by atoms with van der Waals surface area (Å²) in [6.45, 7) is 10.1. The topological polar surface area (TPSA) is 99.2 Å². The second-order valence-corrected chi connectivity index (χ2v) is 9.63. The number of carbonyl (C=O) groups excluding carboxylic acids is 2. The molecule has 0 aromatic carbocycles. The number of carbonyl (C=O) groups is 2. The lowest BCUT2D eigenvalue weighted by atomic mass is 9.90. The molecule has 0 saturated carbocycles. The highest BCUT2D eigenvalue weighted by Gasteiger charge is 2.71. The zero-order valence-corrected chi connectivity index (χ0v) is 15.5. The fourth-order valence-corrected chi connectivity index (χ4v) is 6.61. The highest BCUT2D eigenvalue weighted by atomic mass is 32.2. The van der Waals surface area contributed by atoms with Crippen molar-refractivity contribution < 1.29 is 32.2 Å². The molecule has 0 aromatic rings. The van der Waals surface area contributed by atoms with Gasteiger partial charge in [0.25, 0.3) is 0 Å². The Kier molecular flexibility index (Phi) is 4.24. The molecule has 140 valence electrons. The van der Waals surface area contributed by atoms with Crippen LogP contribution in [0, 0.1) is 0 Å². The van der Waals surface area contributed by atoms with E-state index in [1.54, 1.807) is 20.8 Å². The van der Waals surface area contributed by atoms with Gasteiger partial charge in [0.2, 0.25) is 10.0 Å². The Balaban J connectivity index is 1.81. The molecule has 3 aliphatic heterocycles. The van der Waals surface area contributed by atoms with Gasteiger partial charge in [0, 0.05) is 11.6 Å². The Morgan fingerprint density at radius 3 is 2.56 bits per heavy atom. The van der Waals surface area contributed by atoms with Gasteiger partial charge in [-0.25, -0.2) is 18.0 Å². The van der Waals surface area contributed by atoms with Crippen molar-refractivity contribution in [3.63, 3.8) is 0 Å². The summed E-state index contributed by atoms with van der Waals surface area (Å²) >= 11 is 0. The predicted molar refractivity (Wildman–Crippen MR) is 87.0 cm³/mol. The van der Waals surface area contributed by atoms with Gasteiger partial charge in [0.1, 0.15) is 11.4 Å². The molecule has 9 heteroatoms. The molecule has 0 amide bonds. The van der Waals surface area contributed by atoms with Crippen molar-refractivity contribution in [2.45, 2.75) is 75.4 Å². The molecule has 6 unspecified atom stereocenters. The Labute approximate surface area is 147 Å². The summed E-state index contributed by atoms with van der Waals surface area (Å²) in [6, 6.07) is -0.556. The van der Waals surface area contributed by atoms with Crippen LogP contribution in [0.1, 0.15) is 34.1 Å². The number of sulfonamides is 1. The maximum absolute atomic E-state index is 12.8. The minimum atomic E-state index is -3.52. The molecule has 8 nitrogen and oxygen atoms in total. The standard InChI is InChI=1S/C16H23NO7S/c1-6-11(18)22-8(2)15(19)24-13-9-7-10-14(23-9)12(13)17(16(3,4)5)25(10,20)21/h6,8-10,12-14H,1,7H2,2-5H3. The molecule has 0 N–H and O–H groups in total. The van der Waals surface area contributed by atoms with Gasteiger partial charge in [-0.15, -0.1) is 0 Å². The summed E-state index contributed by atoms with van der Waals surface area (Å²) in [6.07, 6.45) is -1.53. The predicted octanol–water partition coefficient (Wildman–Crippen LogP) is 0.368. The van der Waals surface area contributed by atoms with Crippen LogP contribution in [-0.2, 0) is 33.8 Å². The lowest BCUT2D eigenvalue weighted by Gasteiger charge is -2.36. The van der Waals surface area contributed by atoms with E-state index < -0.39 is 63.2 Å². The third-order valence-corrected chi connectivity index (χ3v) is 7.40. The van der Waals surface area contributed by atoms with Crippen LogP contribution in [0.3, 0.4) is 0 Å². The van der Waals surface area contributed by atoms with Crippen molar-refractivity contribution >= 4 is 22.0 Å². The molecule has 0 aliphatic carbocycles. The number of nitrogens with zero attached hydrogens (tertiary/aromatic N) is 1. The molecule has 0 spiro atoms. The highest BCUT2D eigenvalue weighted by molar-refractivity contribution is 7.90. The Hall–Kier alpha value is -1.45. The molecule has 3 aliphatic rings. The third-order valence-electron chi connectivity index (χ3n) is 4.84. The highest BCUT2D eigenvalue weighted by Crippen LogP contribution is 2.51. The maximum atomic E-state index is 12.8. The molecule has 3 heterocycles. The molecular weight excluding hydrogens is 350 g/mol. The van der Waals surface area contributed by atoms with E-state index in [2.05, 4.69) is 6.58 Å². The number of hydrogen-bond donors (Lipinski definition) is 0. The van der Waals surface area contributed by atoms with Crippen molar-refractivity contribution in [3.05, 3.63) is 12.7 Å². The summed E-state index contributed by atoms with van der Waals surface area (Å²) in [4.78, 5) is 23.5. The van der Waals surface area contributed by atoms with Crippen molar-refractivity contribution in [1.29, 1.82) is 0 Å². The molecular formula is C16H23NO7S. The fourth-order valence-electron chi connectivity index (χ4n) is 3.98. The largest absolute Gasteiger partial charge is 0.455 e. The van der Waals surface area contributed by atoms with E-state index in [1.165, 1.54) is 11.2 Å². The van der Waals surface area contributed by atoms with Gasteiger partial charge in [0.05, 0.1) is 18.2 Å². The van der Waals surface area contributed by atoms with E-state index in [0.717, 1.165) is 6.08 Å². The average molecular weight is 373 g/mol. The van der Waals surface area contributed by atoms with Crippen LogP contribution in [0.5, 0.6) is 0 Å². The first-order valence-corrected chi connectivity index (χ1v) is 9.71. The summed E-state index contributed by atoms with van der Waals surface area (Å²) in [7, 11) is -3.52. The zero-order valence-electron chi connectivity index (χ0n) is 14.7. The van der Waals surface area contributed by atoms with Crippen LogP contribution >= 0.6 is 0 Å². The number of rotatable bonds is 4. The quantitative estimate of drug-likeness (QED) is 0.518. The second-order valence-electron chi connectivity index (χ2n) is 7.60. The lowest BCUT2D eigenvalue weighted by molar-refractivity contribution is -0.171. The van der Waals surface area contributed by atoms with Crippen LogP contribution in [0.4, 0.5) is 0 Å².